The Bertz CT molecular complexity index is 336. The molecule has 0 aliphatic carbocycles. The number of aliphatic hydroxyl groups excluding tert-OH is 1. The Kier molecular flexibility index (Phi) is 4.99. The molecule has 1 rings (SSSR count). The normalized spacial score (nSPS) is 12.5. The summed E-state index contributed by atoms with van der Waals surface area (Å²) in [5, 5.41) is 9.49. The van der Waals surface area contributed by atoms with Crippen molar-refractivity contribution in [1.82, 2.24) is 0 Å². The van der Waals surface area contributed by atoms with E-state index in [-0.39, 0.29) is 5.78 Å². The molecule has 15 heavy (non-hydrogen) atoms. The van der Waals surface area contributed by atoms with Crippen molar-refractivity contribution >= 4 is 21.7 Å². The molecule has 0 spiro atoms. The average molecular weight is 271 g/mol. The zero-order valence-electron chi connectivity index (χ0n) is 8.74. The highest BCUT2D eigenvalue weighted by Crippen LogP contribution is 2.13. The van der Waals surface area contributed by atoms with Crippen LogP contribution in [0.2, 0.25) is 0 Å². The Morgan fingerprint density at radius 1 is 1.53 bits per heavy atom. The second-order valence-corrected chi connectivity index (χ2v) is 4.49. The van der Waals surface area contributed by atoms with E-state index in [4.69, 9.17) is 0 Å². The fourth-order valence-electron chi connectivity index (χ4n) is 1.40. The van der Waals surface area contributed by atoms with Crippen LogP contribution in [-0.2, 0) is 11.2 Å². The monoisotopic (exact) mass is 270 g/mol. The molecule has 1 unspecified atom stereocenters. The fourth-order valence-corrected chi connectivity index (χ4v) is 1.85. The average Bonchev–Trinajstić information content (AvgIpc) is 2.18. The molecule has 0 saturated heterocycles. The van der Waals surface area contributed by atoms with Gasteiger partial charge >= 0.3 is 0 Å². The number of aliphatic hydroxyl groups is 1. The number of rotatable bonds is 5. The highest BCUT2D eigenvalue weighted by atomic mass is 79.9. The van der Waals surface area contributed by atoms with Crippen LogP contribution in [0.5, 0.6) is 0 Å². The van der Waals surface area contributed by atoms with E-state index < -0.39 is 6.10 Å². The van der Waals surface area contributed by atoms with Gasteiger partial charge < -0.3 is 5.11 Å². The van der Waals surface area contributed by atoms with Crippen molar-refractivity contribution in [2.24, 2.45) is 0 Å². The van der Waals surface area contributed by atoms with Crippen molar-refractivity contribution in [3.05, 3.63) is 34.3 Å². The number of Topliss-reactive ketones (excluding diaryl/α,β-unsaturated/α-hetero) is 1. The third-order valence-electron chi connectivity index (χ3n) is 2.20. The number of ketones is 1. The Balaban J connectivity index is 2.58. The predicted molar refractivity (Wildman–Crippen MR) is 63.8 cm³/mol. The van der Waals surface area contributed by atoms with E-state index in [9.17, 15) is 9.90 Å². The van der Waals surface area contributed by atoms with Crippen LogP contribution in [0, 0.1) is 0 Å². The van der Waals surface area contributed by atoms with E-state index in [2.05, 4.69) is 15.9 Å². The molecular formula is C12H15BrO2. The van der Waals surface area contributed by atoms with E-state index in [1.807, 2.05) is 31.2 Å². The maximum Gasteiger partial charge on any atom is 0.165 e. The van der Waals surface area contributed by atoms with E-state index in [1.165, 1.54) is 0 Å². The smallest absolute Gasteiger partial charge is 0.165 e. The molecule has 0 bridgehead atoms. The molecule has 0 fully saturated rings. The van der Waals surface area contributed by atoms with Gasteiger partial charge in [0.25, 0.3) is 0 Å². The van der Waals surface area contributed by atoms with Gasteiger partial charge in [-0.2, -0.15) is 0 Å². The van der Waals surface area contributed by atoms with Gasteiger partial charge in [-0.1, -0.05) is 41.4 Å². The van der Waals surface area contributed by atoms with Gasteiger partial charge in [-0.25, -0.2) is 0 Å². The van der Waals surface area contributed by atoms with Gasteiger partial charge in [-0.05, 0) is 24.1 Å². The van der Waals surface area contributed by atoms with Crippen molar-refractivity contribution < 1.29 is 9.90 Å². The molecule has 1 atom stereocenters. The first-order valence-electron chi connectivity index (χ1n) is 5.08. The lowest BCUT2D eigenvalue weighted by atomic mass is 10.0. The summed E-state index contributed by atoms with van der Waals surface area (Å²) in [6, 6.07) is 7.59. The maximum absolute atomic E-state index is 11.5. The zero-order chi connectivity index (χ0) is 11.3. The van der Waals surface area contributed by atoms with Crippen molar-refractivity contribution in [3.8, 4) is 0 Å². The van der Waals surface area contributed by atoms with Gasteiger partial charge in [-0.15, -0.1) is 0 Å². The van der Waals surface area contributed by atoms with E-state index >= 15 is 0 Å². The summed E-state index contributed by atoms with van der Waals surface area (Å²) < 4.78 is 0.956. The van der Waals surface area contributed by atoms with Gasteiger partial charge in [0.1, 0.15) is 6.10 Å². The highest BCUT2D eigenvalue weighted by Gasteiger charge is 2.13. The van der Waals surface area contributed by atoms with Crippen LogP contribution in [0.25, 0.3) is 0 Å². The summed E-state index contributed by atoms with van der Waals surface area (Å²) >= 11 is 3.35. The third kappa shape index (κ3) is 4.14. The van der Waals surface area contributed by atoms with Crippen LogP contribution in [0.4, 0.5) is 0 Å². The minimum Gasteiger partial charge on any atom is -0.385 e. The van der Waals surface area contributed by atoms with Crippen molar-refractivity contribution in [3.63, 3.8) is 0 Å². The predicted octanol–water partition coefficient (Wildman–Crippen LogP) is 2.72. The Labute approximate surface area is 98.4 Å². The summed E-state index contributed by atoms with van der Waals surface area (Å²) in [6.07, 6.45) is 0.868. The minimum atomic E-state index is -0.811. The molecule has 0 saturated carbocycles. The standard InChI is InChI=1S/C12H15BrO2/c1-2-4-11(14)12(15)8-9-5-3-6-10(13)7-9/h3,5-7,11,14H,2,4,8H2,1H3. The van der Waals surface area contributed by atoms with Gasteiger partial charge in [0, 0.05) is 10.9 Å². The summed E-state index contributed by atoms with van der Waals surface area (Å²) in [4.78, 5) is 11.5. The summed E-state index contributed by atoms with van der Waals surface area (Å²) in [7, 11) is 0. The van der Waals surface area contributed by atoms with Gasteiger partial charge in [-0.3, -0.25) is 4.79 Å². The number of hydrogen-bond donors (Lipinski definition) is 1. The second-order valence-electron chi connectivity index (χ2n) is 3.58. The molecule has 1 N–H and O–H groups in total. The van der Waals surface area contributed by atoms with Crippen LogP contribution < -0.4 is 0 Å². The first-order chi connectivity index (χ1) is 7.13. The fraction of sp³-hybridized carbons (Fsp3) is 0.417. The molecule has 0 heterocycles. The van der Waals surface area contributed by atoms with Crippen molar-refractivity contribution in [2.75, 3.05) is 0 Å². The number of carbonyl (C=O) groups excluding carboxylic acids is 1. The SMILES string of the molecule is CCCC(O)C(=O)Cc1cccc(Br)c1. The van der Waals surface area contributed by atoms with Crippen molar-refractivity contribution in [2.45, 2.75) is 32.3 Å². The second kappa shape index (κ2) is 6.03. The van der Waals surface area contributed by atoms with Crippen LogP contribution in [0.3, 0.4) is 0 Å². The maximum atomic E-state index is 11.5. The quantitative estimate of drug-likeness (QED) is 0.894. The molecular weight excluding hydrogens is 256 g/mol. The highest BCUT2D eigenvalue weighted by molar-refractivity contribution is 9.10. The largest absolute Gasteiger partial charge is 0.385 e. The summed E-state index contributed by atoms with van der Waals surface area (Å²) in [5.74, 6) is -0.102. The summed E-state index contributed by atoms with van der Waals surface area (Å²) in [5.41, 5.74) is 0.935. The molecule has 82 valence electrons. The lowest BCUT2D eigenvalue weighted by molar-refractivity contribution is -0.126. The van der Waals surface area contributed by atoms with Crippen LogP contribution >= 0.6 is 15.9 Å². The third-order valence-corrected chi connectivity index (χ3v) is 2.69. The van der Waals surface area contributed by atoms with Crippen LogP contribution in [0.15, 0.2) is 28.7 Å². The number of carbonyl (C=O) groups is 1. The number of benzene rings is 1. The van der Waals surface area contributed by atoms with Gasteiger partial charge in [0.2, 0.25) is 0 Å². The Morgan fingerprint density at radius 2 is 2.27 bits per heavy atom. The molecule has 1 aromatic carbocycles. The first-order valence-corrected chi connectivity index (χ1v) is 5.88. The topological polar surface area (TPSA) is 37.3 Å². The molecule has 0 radical (unpaired) electrons. The minimum absolute atomic E-state index is 0.102. The molecule has 0 amide bonds. The molecule has 2 nitrogen and oxygen atoms in total. The molecule has 1 aromatic rings. The van der Waals surface area contributed by atoms with Gasteiger partial charge in [0.05, 0.1) is 0 Å². The van der Waals surface area contributed by atoms with Crippen LogP contribution in [0.1, 0.15) is 25.3 Å². The lowest BCUT2D eigenvalue weighted by Crippen LogP contribution is -2.21. The lowest BCUT2D eigenvalue weighted by Gasteiger charge is -2.08. The number of halogens is 1. The van der Waals surface area contributed by atoms with Gasteiger partial charge in [0.15, 0.2) is 5.78 Å². The number of hydrogen-bond acceptors (Lipinski definition) is 2. The van der Waals surface area contributed by atoms with Crippen molar-refractivity contribution in [1.29, 1.82) is 0 Å². The Morgan fingerprint density at radius 3 is 2.87 bits per heavy atom. The molecule has 0 aliphatic heterocycles. The molecule has 3 heteroatoms. The van der Waals surface area contributed by atoms with Crippen LogP contribution in [-0.4, -0.2) is 17.0 Å². The zero-order valence-corrected chi connectivity index (χ0v) is 10.3. The Hall–Kier alpha value is -0.670. The van der Waals surface area contributed by atoms with E-state index in [0.29, 0.717) is 12.8 Å². The summed E-state index contributed by atoms with van der Waals surface area (Å²) in [6.45, 7) is 1.95. The van der Waals surface area contributed by atoms with E-state index in [0.717, 1.165) is 16.5 Å². The molecule has 0 aliphatic rings. The molecule has 0 aromatic heterocycles. The van der Waals surface area contributed by atoms with E-state index in [1.54, 1.807) is 0 Å². The first kappa shape index (κ1) is 12.4.